The number of aromatic nitrogens is 2. The Labute approximate surface area is 188 Å². The van der Waals surface area contributed by atoms with Crippen LogP contribution in [0.5, 0.6) is 0 Å². The van der Waals surface area contributed by atoms with Crippen molar-refractivity contribution in [3.8, 4) is 11.4 Å². The molecule has 5 nitrogen and oxygen atoms in total. The topological polar surface area (TPSA) is 63.2 Å². The molecule has 0 N–H and O–H groups in total. The molecule has 5 rings (SSSR count). The molecule has 0 saturated carbocycles. The average molecular weight is 472 g/mol. The van der Waals surface area contributed by atoms with E-state index in [2.05, 4.69) is 4.98 Å². The van der Waals surface area contributed by atoms with Gasteiger partial charge in [0.05, 0.1) is 21.9 Å². The Morgan fingerprint density at radius 1 is 1.00 bits per heavy atom. The summed E-state index contributed by atoms with van der Waals surface area (Å²) < 4.78 is 55.4. The van der Waals surface area contributed by atoms with Gasteiger partial charge in [0.2, 0.25) is 10.0 Å². The molecule has 0 fully saturated rings. The molecule has 0 spiro atoms. The number of benzene rings is 2. The standard InChI is InChI=1S/C23H16ClF2N3O2S/c24-17-11-19(26)22(12-18(17)25)32(30,31)29-10-8-16-15(13-29)7-9-27-23(16)21-6-5-14-3-1-2-4-20(14)28-21/h1-7,9,11-12H,8,10,13H2. The summed E-state index contributed by atoms with van der Waals surface area (Å²) in [5.41, 5.74) is 3.86. The van der Waals surface area contributed by atoms with Crippen LogP contribution in [0, 0.1) is 11.6 Å². The van der Waals surface area contributed by atoms with Crippen LogP contribution in [-0.4, -0.2) is 29.2 Å². The number of para-hydroxylation sites is 1. The molecule has 2 aromatic carbocycles. The lowest BCUT2D eigenvalue weighted by Gasteiger charge is -2.29. The average Bonchev–Trinajstić information content (AvgIpc) is 2.80. The van der Waals surface area contributed by atoms with Crippen LogP contribution in [0.25, 0.3) is 22.3 Å². The quantitative estimate of drug-likeness (QED) is 0.395. The fourth-order valence-corrected chi connectivity index (χ4v) is 5.56. The fourth-order valence-electron chi connectivity index (χ4n) is 3.93. The van der Waals surface area contributed by atoms with Gasteiger partial charge in [0.1, 0.15) is 16.5 Å². The maximum absolute atomic E-state index is 14.3. The normalized spacial score (nSPS) is 14.5. The van der Waals surface area contributed by atoms with E-state index < -0.39 is 31.6 Å². The van der Waals surface area contributed by atoms with Crippen LogP contribution in [-0.2, 0) is 23.0 Å². The predicted molar refractivity (Wildman–Crippen MR) is 118 cm³/mol. The number of pyridine rings is 2. The number of nitrogens with zero attached hydrogens (tertiary/aromatic N) is 3. The summed E-state index contributed by atoms with van der Waals surface area (Å²) in [6.45, 7) is 0.121. The maximum Gasteiger partial charge on any atom is 0.246 e. The molecule has 4 aromatic rings. The highest BCUT2D eigenvalue weighted by Gasteiger charge is 2.32. The van der Waals surface area contributed by atoms with Crippen LogP contribution in [0.1, 0.15) is 11.1 Å². The van der Waals surface area contributed by atoms with E-state index in [0.29, 0.717) is 29.9 Å². The molecule has 162 valence electrons. The van der Waals surface area contributed by atoms with Gasteiger partial charge in [-0.05, 0) is 47.9 Å². The number of rotatable bonds is 3. The van der Waals surface area contributed by atoms with Gasteiger partial charge in [-0.2, -0.15) is 4.31 Å². The van der Waals surface area contributed by atoms with Gasteiger partial charge in [-0.1, -0.05) is 35.9 Å². The largest absolute Gasteiger partial charge is 0.254 e. The first kappa shape index (κ1) is 20.9. The van der Waals surface area contributed by atoms with E-state index in [0.717, 1.165) is 26.3 Å². The smallest absolute Gasteiger partial charge is 0.246 e. The Kier molecular flexibility index (Phi) is 5.16. The molecular formula is C23H16ClF2N3O2S. The molecule has 32 heavy (non-hydrogen) atoms. The van der Waals surface area contributed by atoms with E-state index in [1.807, 2.05) is 36.4 Å². The summed E-state index contributed by atoms with van der Waals surface area (Å²) in [5, 5.41) is 0.541. The summed E-state index contributed by atoms with van der Waals surface area (Å²) in [7, 11) is -4.26. The fraction of sp³-hybridized carbons (Fsp3) is 0.130. The van der Waals surface area contributed by atoms with Crippen molar-refractivity contribution >= 4 is 32.5 Å². The Hall–Kier alpha value is -2.94. The van der Waals surface area contributed by atoms with Gasteiger partial charge >= 0.3 is 0 Å². The van der Waals surface area contributed by atoms with Gasteiger partial charge in [-0.15, -0.1) is 0 Å². The van der Waals surface area contributed by atoms with Crippen molar-refractivity contribution in [1.29, 1.82) is 0 Å². The molecule has 9 heteroatoms. The lowest BCUT2D eigenvalue weighted by atomic mass is 9.98. The van der Waals surface area contributed by atoms with Crippen LogP contribution in [0.3, 0.4) is 0 Å². The summed E-state index contributed by atoms with van der Waals surface area (Å²) in [4.78, 5) is 8.47. The first-order chi connectivity index (χ1) is 15.3. The minimum Gasteiger partial charge on any atom is -0.254 e. The molecule has 0 aliphatic carbocycles. The summed E-state index contributed by atoms with van der Waals surface area (Å²) in [6.07, 6.45) is 1.97. The third-order valence-electron chi connectivity index (χ3n) is 5.54. The molecule has 2 aromatic heterocycles. The van der Waals surface area contributed by atoms with E-state index in [1.54, 1.807) is 12.3 Å². The predicted octanol–water partition coefficient (Wildman–Crippen LogP) is 4.98. The molecule has 1 aliphatic rings. The lowest BCUT2D eigenvalue weighted by Crippen LogP contribution is -2.36. The van der Waals surface area contributed by atoms with Gasteiger partial charge in [0, 0.05) is 24.7 Å². The summed E-state index contributed by atoms with van der Waals surface area (Å²) in [6, 6.07) is 14.6. The number of halogens is 3. The highest BCUT2D eigenvalue weighted by molar-refractivity contribution is 7.89. The van der Waals surface area contributed by atoms with Crippen molar-refractivity contribution in [2.45, 2.75) is 17.9 Å². The van der Waals surface area contributed by atoms with Gasteiger partial charge in [0.25, 0.3) is 0 Å². The number of hydrogen-bond donors (Lipinski definition) is 0. The molecule has 0 saturated heterocycles. The van der Waals surface area contributed by atoms with Crippen LogP contribution in [0.2, 0.25) is 5.02 Å². The number of hydrogen-bond acceptors (Lipinski definition) is 4. The lowest BCUT2D eigenvalue weighted by molar-refractivity contribution is 0.387. The highest BCUT2D eigenvalue weighted by Crippen LogP contribution is 2.32. The Morgan fingerprint density at radius 3 is 2.66 bits per heavy atom. The van der Waals surface area contributed by atoms with Crippen LogP contribution in [0.15, 0.2) is 65.7 Å². The Balaban J connectivity index is 1.52. The molecule has 0 unspecified atom stereocenters. The molecule has 0 amide bonds. The van der Waals surface area contributed by atoms with E-state index in [-0.39, 0.29) is 13.1 Å². The van der Waals surface area contributed by atoms with Gasteiger partial charge in [-0.25, -0.2) is 22.2 Å². The van der Waals surface area contributed by atoms with Gasteiger partial charge < -0.3 is 0 Å². The zero-order valence-corrected chi connectivity index (χ0v) is 18.2. The molecule has 0 atom stereocenters. The van der Waals surface area contributed by atoms with E-state index in [9.17, 15) is 17.2 Å². The molecule has 3 heterocycles. The van der Waals surface area contributed by atoms with Crippen molar-refractivity contribution in [1.82, 2.24) is 14.3 Å². The highest BCUT2D eigenvalue weighted by atomic mass is 35.5. The zero-order valence-electron chi connectivity index (χ0n) is 16.6. The first-order valence-electron chi connectivity index (χ1n) is 9.82. The monoisotopic (exact) mass is 471 g/mol. The zero-order chi connectivity index (χ0) is 22.5. The SMILES string of the molecule is O=S(=O)(c1cc(F)c(Cl)cc1F)N1CCc2c(ccnc2-c2ccc3ccccc3n2)C1. The molecule has 0 radical (unpaired) electrons. The second-order valence-corrected chi connectivity index (χ2v) is 9.79. The second kappa shape index (κ2) is 7.88. The third-order valence-corrected chi connectivity index (χ3v) is 7.69. The van der Waals surface area contributed by atoms with Crippen LogP contribution < -0.4 is 0 Å². The summed E-state index contributed by atoms with van der Waals surface area (Å²) >= 11 is 5.56. The van der Waals surface area contributed by atoms with Gasteiger partial charge in [0.15, 0.2) is 0 Å². The van der Waals surface area contributed by atoms with Crippen molar-refractivity contribution in [3.63, 3.8) is 0 Å². The van der Waals surface area contributed by atoms with Gasteiger partial charge in [-0.3, -0.25) is 4.98 Å². The minimum atomic E-state index is -4.26. The minimum absolute atomic E-state index is 0.0183. The maximum atomic E-state index is 14.3. The second-order valence-electron chi connectivity index (χ2n) is 7.47. The van der Waals surface area contributed by atoms with Crippen molar-refractivity contribution in [2.24, 2.45) is 0 Å². The van der Waals surface area contributed by atoms with Crippen molar-refractivity contribution in [2.75, 3.05) is 6.54 Å². The molecular weight excluding hydrogens is 456 g/mol. The van der Waals surface area contributed by atoms with E-state index in [4.69, 9.17) is 16.6 Å². The van der Waals surface area contributed by atoms with E-state index in [1.165, 1.54) is 0 Å². The van der Waals surface area contributed by atoms with Crippen LogP contribution in [0.4, 0.5) is 8.78 Å². The number of fused-ring (bicyclic) bond motifs is 2. The van der Waals surface area contributed by atoms with Crippen molar-refractivity contribution < 1.29 is 17.2 Å². The Morgan fingerprint density at radius 2 is 1.81 bits per heavy atom. The first-order valence-corrected chi connectivity index (χ1v) is 11.6. The number of sulfonamides is 1. The Bertz CT molecular complexity index is 1480. The molecule has 1 aliphatic heterocycles. The van der Waals surface area contributed by atoms with Crippen molar-refractivity contribution in [3.05, 3.63) is 88.6 Å². The van der Waals surface area contributed by atoms with Crippen LogP contribution >= 0.6 is 11.6 Å². The third kappa shape index (κ3) is 3.54. The summed E-state index contributed by atoms with van der Waals surface area (Å²) in [5.74, 6) is -2.07. The molecule has 0 bridgehead atoms. The van der Waals surface area contributed by atoms with E-state index >= 15 is 0 Å².